The molecule has 3 rings (SSSR count). The van der Waals surface area contributed by atoms with Crippen molar-refractivity contribution in [1.82, 2.24) is 15.5 Å². The van der Waals surface area contributed by atoms with Gasteiger partial charge in [0.2, 0.25) is 0 Å². The van der Waals surface area contributed by atoms with E-state index in [1.54, 1.807) is 7.05 Å². The van der Waals surface area contributed by atoms with Crippen molar-refractivity contribution >= 4 is 5.96 Å². The predicted molar refractivity (Wildman–Crippen MR) is 131 cm³/mol. The van der Waals surface area contributed by atoms with E-state index in [0.717, 1.165) is 57.9 Å². The average molecular weight is 439 g/mol. The van der Waals surface area contributed by atoms with Gasteiger partial charge >= 0.3 is 0 Å². The molecule has 0 bridgehead atoms. The van der Waals surface area contributed by atoms with Gasteiger partial charge in [-0.25, -0.2) is 0 Å². The van der Waals surface area contributed by atoms with Gasteiger partial charge in [-0.15, -0.1) is 0 Å². The summed E-state index contributed by atoms with van der Waals surface area (Å²) in [5.74, 6) is 0.803. The summed E-state index contributed by atoms with van der Waals surface area (Å²) in [5.41, 5.74) is 3.75. The SMILES string of the molecule is CN=C(NCCCOC(C)c1ccccc1)NCc1ccc(CN2CCC(O)CC2)cc1. The topological polar surface area (TPSA) is 69.1 Å². The number of aliphatic hydroxyl groups is 1. The molecular weight excluding hydrogens is 400 g/mol. The molecule has 1 atom stereocenters. The highest BCUT2D eigenvalue weighted by molar-refractivity contribution is 5.79. The molecule has 0 aliphatic carbocycles. The Balaban J connectivity index is 1.31. The second-order valence-electron chi connectivity index (χ2n) is 8.45. The molecule has 1 aliphatic rings. The molecule has 6 heteroatoms. The third-order valence-corrected chi connectivity index (χ3v) is 5.92. The number of nitrogens with one attached hydrogen (secondary N) is 2. The molecule has 32 heavy (non-hydrogen) atoms. The van der Waals surface area contributed by atoms with E-state index in [4.69, 9.17) is 4.74 Å². The number of piperidine rings is 1. The highest BCUT2D eigenvalue weighted by Crippen LogP contribution is 2.16. The Bertz CT molecular complexity index is 802. The van der Waals surface area contributed by atoms with Crippen molar-refractivity contribution in [3.63, 3.8) is 0 Å². The van der Waals surface area contributed by atoms with Crippen LogP contribution in [0.4, 0.5) is 0 Å². The van der Waals surface area contributed by atoms with Crippen LogP contribution in [0.5, 0.6) is 0 Å². The van der Waals surface area contributed by atoms with Crippen LogP contribution in [0.2, 0.25) is 0 Å². The predicted octanol–water partition coefficient (Wildman–Crippen LogP) is 3.48. The van der Waals surface area contributed by atoms with Crippen LogP contribution in [0.1, 0.15) is 49.0 Å². The van der Waals surface area contributed by atoms with E-state index in [2.05, 4.69) is 63.8 Å². The number of hydrogen-bond acceptors (Lipinski definition) is 4. The lowest BCUT2D eigenvalue weighted by atomic mass is 10.1. The standard InChI is InChI=1S/C26H38N4O2/c1-21(24-7-4-3-5-8-24)32-18-6-15-28-26(27-2)29-19-22-9-11-23(12-10-22)20-30-16-13-25(31)14-17-30/h3-5,7-12,21,25,31H,6,13-20H2,1-2H3,(H2,27,28,29). The average Bonchev–Trinajstić information content (AvgIpc) is 2.83. The molecule has 3 N–H and O–H groups in total. The molecule has 0 spiro atoms. The van der Waals surface area contributed by atoms with Gasteiger partial charge < -0.3 is 20.5 Å². The molecule has 1 heterocycles. The van der Waals surface area contributed by atoms with Crippen molar-refractivity contribution in [2.75, 3.05) is 33.3 Å². The molecule has 6 nitrogen and oxygen atoms in total. The van der Waals surface area contributed by atoms with Crippen molar-refractivity contribution in [2.24, 2.45) is 4.99 Å². The molecule has 0 amide bonds. The fourth-order valence-corrected chi connectivity index (χ4v) is 3.86. The molecule has 0 saturated carbocycles. The smallest absolute Gasteiger partial charge is 0.191 e. The highest BCUT2D eigenvalue weighted by atomic mass is 16.5. The third-order valence-electron chi connectivity index (χ3n) is 5.92. The van der Waals surface area contributed by atoms with Crippen molar-refractivity contribution in [1.29, 1.82) is 0 Å². The van der Waals surface area contributed by atoms with Crippen LogP contribution < -0.4 is 10.6 Å². The zero-order chi connectivity index (χ0) is 22.6. The Labute approximate surface area is 192 Å². The number of aliphatic imine (C=N–C) groups is 1. The van der Waals surface area contributed by atoms with E-state index in [-0.39, 0.29) is 12.2 Å². The maximum atomic E-state index is 9.64. The van der Waals surface area contributed by atoms with E-state index in [9.17, 15) is 5.11 Å². The normalized spacial score (nSPS) is 16.7. The fourth-order valence-electron chi connectivity index (χ4n) is 3.86. The van der Waals surface area contributed by atoms with Gasteiger partial charge in [0.25, 0.3) is 0 Å². The highest BCUT2D eigenvalue weighted by Gasteiger charge is 2.16. The first-order valence-electron chi connectivity index (χ1n) is 11.7. The Morgan fingerprint density at radius 1 is 1.06 bits per heavy atom. The van der Waals surface area contributed by atoms with Gasteiger partial charge in [0, 0.05) is 46.4 Å². The lowest BCUT2D eigenvalue weighted by Gasteiger charge is -2.29. The van der Waals surface area contributed by atoms with E-state index in [1.807, 2.05) is 18.2 Å². The van der Waals surface area contributed by atoms with Crippen molar-refractivity contribution in [3.8, 4) is 0 Å². The minimum Gasteiger partial charge on any atom is -0.393 e. The minimum absolute atomic E-state index is 0.109. The third kappa shape index (κ3) is 8.26. The quantitative estimate of drug-likeness (QED) is 0.301. The maximum Gasteiger partial charge on any atom is 0.191 e. The van der Waals surface area contributed by atoms with Crippen molar-refractivity contribution < 1.29 is 9.84 Å². The Hall–Kier alpha value is -2.41. The summed E-state index contributed by atoms with van der Waals surface area (Å²) in [6, 6.07) is 19.0. The maximum absolute atomic E-state index is 9.64. The van der Waals surface area contributed by atoms with E-state index in [1.165, 1.54) is 16.7 Å². The van der Waals surface area contributed by atoms with Crippen molar-refractivity contribution in [2.45, 2.75) is 51.5 Å². The van der Waals surface area contributed by atoms with Crippen LogP contribution in [0, 0.1) is 0 Å². The van der Waals surface area contributed by atoms with E-state index < -0.39 is 0 Å². The fraction of sp³-hybridized carbons (Fsp3) is 0.500. The monoisotopic (exact) mass is 438 g/mol. The number of benzene rings is 2. The summed E-state index contributed by atoms with van der Waals surface area (Å²) < 4.78 is 5.93. The molecule has 1 aliphatic heterocycles. The van der Waals surface area contributed by atoms with Crippen molar-refractivity contribution in [3.05, 3.63) is 71.3 Å². The first-order chi connectivity index (χ1) is 15.6. The summed E-state index contributed by atoms with van der Waals surface area (Å²) in [5, 5.41) is 16.4. The Kier molecular flexibility index (Phi) is 10.0. The Morgan fingerprint density at radius 2 is 1.75 bits per heavy atom. The van der Waals surface area contributed by atoms with Crippen LogP contribution >= 0.6 is 0 Å². The van der Waals surface area contributed by atoms with Crippen LogP contribution in [-0.4, -0.2) is 55.4 Å². The molecule has 1 saturated heterocycles. The van der Waals surface area contributed by atoms with Gasteiger partial charge in [-0.05, 0) is 42.9 Å². The lowest BCUT2D eigenvalue weighted by molar-refractivity contribution is 0.0646. The summed E-state index contributed by atoms with van der Waals surface area (Å²) in [6.07, 6.45) is 2.67. The van der Waals surface area contributed by atoms with Gasteiger partial charge in [0.15, 0.2) is 5.96 Å². The number of aliphatic hydroxyl groups excluding tert-OH is 1. The van der Waals surface area contributed by atoms with Crippen LogP contribution in [-0.2, 0) is 17.8 Å². The zero-order valence-corrected chi connectivity index (χ0v) is 19.5. The van der Waals surface area contributed by atoms with Gasteiger partial charge in [-0.2, -0.15) is 0 Å². The number of likely N-dealkylation sites (tertiary alicyclic amines) is 1. The largest absolute Gasteiger partial charge is 0.393 e. The van der Waals surface area contributed by atoms with Gasteiger partial charge in [0.1, 0.15) is 0 Å². The summed E-state index contributed by atoms with van der Waals surface area (Å²) >= 11 is 0. The second kappa shape index (κ2) is 13.2. The van der Waals surface area contributed by atoms with Crippen LogP contribution in [0.3, 0.4) is 0 Å². The molecule has 174 valence electrons. The Morgan fingerprint density at radius 3 is 2.44 bits per heavy atom. The van der Waals surface area contributed by atoms with E-state index >= 15 is 0 Å². The number of hydrogen-bond donors (Lipinski definition) is 3. The molecular formula is C26H38N4O2. The minimum atomic E-state index is -0.117. The number of nitrogens with zero attached hydrogens (tertiary/aromatic N) is 2. The molecule has 0 radical (unpaired) electrons. The molecule has 1 fully saturated rings. The van der Waals surface area contributed by atoms with Gasteiger partial charge in [-0.1, -0.05) is 54.6 Å². The number of guanidine groups is 1. The van der Waals surface area contributed by atoms with Gasteiger partial charge in [-0.3, -0.25) is 9.89 Å². The number of ether oxygens (including phenoxy) is 1. The summed E-state index contributed by atoms with van der Waals surface area (Å²) in [6.45, 7) is 7.24. The lowest BCUT2D eigenvalue weighted by Crippen LogP contribution is -2.37. The molecule has 2 aromatic carbocycles. The first-order valence-corrected chi connectivity index (χ1v) is 11.7. The molecule has 2 aromatic rings. The summed E-state index contributed by atoms with van der Waals surface area (Å²) in [7, 11) is 1.79. The summed E-state index contributed by atoms with van der Waals surface area (Å²) in [4.78, 5) is 6.72. The molecule has 1 unspecified atom stereocenters. The van der Waals surface area contributed by atoms with E-state index in [0.29, 0.717) is 6.61 Å². The van der Waals surface area contributed by atoms with Crippen LogP contribution in [0.15, 0.2) is 59.6 Å². The number of rotatable bonds is 10. The van der Waals surface area contributed by atoms with Gasteiger partial charge in [0.05, 0.1) is 12.2 Å². The second-order valence-corrected chi connectivity index (χ2v) is 8.45. The van der Waals surface area contributed by atoms with Crippen LogP contribution in [0.25, 0.3) is 0 Å². The first kappa shape index (κ1) is 24.2. The molecule has 0 aromatic heterocycles. The zero-order valence-electron chi connectivity index (χ0n) is 19.5.